The number of aromatic nitrogens is 2. The molecule has 140 valence electrons. The highest BCUT2D eigenvalue weighted by molar-refractivity contribution is 6.62. The van der Waals surface area contributed by atoms with Crippen molar-refractivity contribution in [3.63, 3.8) is 0 Å². The van der Waals surface area contributed by atoms with Crippen molar-refractivity contribution >= 4 is 24.2 Å². The van der Waals surface area contributed by atoms with Crippen LogP contribution in [0.3, 0.4) is 0 Å². The first-order valence-electron chi connectivity index (χ1n) is 8.13. The molecule has 9 heteroatoms. The summed E-state index contributed by atoms with van der Waals surface area (Å²) in [6.07, 6.45) is -1.18. The van der Waals surface area contributed by atoms with Crippen molar-refractivity contribution in [2.24, 2.45) is 0 Å². The Hall–Kier alpha value is -1.51. The van der Waals surface area contributed by atoms with Crippen LogP contribution in [0, 0.1) is 0 Å². The number of alkyl halides is 3. The monoisotopic (exact) mass is 386 g/mol. The molecule has 1 aliphatic heterocycles. The molecule has 0 N–H and O–H groups in total. The van der Waals surface area contributed by atoms with Crippen molar-refractivity contribution in [1.29, 1.82) is 0 Å². The molecule has 1 saturated heterocycles. The van der Waals surface area contributed by atoms with Crippen LogP contribution in [0.15, 0.2) is 30.6 Å². The number of rotatable bonds is 3. The summed E-state index contributed by atoms with van der Waals surface area (Å²) in [7, 11) is -0.565. The average Bonchev–Trinajstić information content (AvgIpc) is 3.03. The first kappa shape index (κ1) is 19.3. The fourth-order valence-corrected chi connectivity index (χ4v) is 2.87. The molecule has 0 bridgehead atoms. The van der Waals surface area contributed by atoms with Crippen LogP contribution in [0.4, 0.5) is 13.2 Å². The molecule has 1 aliphatic rings. The number of hydrogen-bond donors (Lipinski definition) is 0. The lowest BCUT2D eigenvalue weighted by Crippen LogP contribution is -2.41. The molecule has 0 atom stereocenters. The maximum Gasteiger partial charge on any atom is 0.498 e. The van der Waals surface area contributed by atoms with Crippen LogP contribution in [-0.2, 0) is 22.0 Å². The van der Waals surface area contributed by atoms with Crippen molar-refractivity contribution in [3.8, 4) is 0 Å². The summed E-state index contributed by atoms with van der Waals surface area (Å²) in [6.45, 7) is 7.97. The molecule has 0 amide bonds. The van der Waals surface area contributed by atoms with E-state index in [0.717, 1.165) is 6.07 Å². The number of benzene rings is 1. The second-order valence-electron chi connectivity index (χ2n) is 7.37. The van der Waals surface area contributed by atoms with Gasteiger partial charge in [-0.3, -0.25) is 4.68 Å². The second kappa shape index (κ2) is 6.28. The molecule has 1 aromatic heterocycles. The summed E-state index contributed by atoms with van der Waals surface area (Å²) in [5.41, 5.74) is -0.635. The van der Waals surface area contributed by atoms with Gasteiger partial charge in [0.05, 0.1) is 28.3 Å². The molecule has 1 aromatic carbocycles. The summed E-state index contributed by atoms with van der Waals surface area (Å²) in [4.78, 5) is 0. The molecule has 2 aromatic rings. The van der Waals surface area contributed by atoms with E-state index in [4.69, 9.17) is 20.9 Å². The quantitative estimate of drug-likeness (QED) is 0.751. The molecule has 0 radical (unpaired) electrons. The Morgan fingerprint density at radius 2 is 1.77 bits per heavy atom. The molecule has 0 spiro atoms. The van der Waals surface area contributed by atoms with Crippen LogP contribution >= 0.6 is 11.6 Å². The third-order valence-corrected chi connectivity index (χ3v) is 5.19. The zero-order valence-electron chi connectivity index (χ0n) is 14.9. The lowest BCUT2D eigenvalue weighted by atomic mass is 9.82. The molecule has 2 heterocycles. The summed E-state index contributed by atoms with van der Waals surface area (Å²) >= 11 is 5.65. The Morgan fingerprint density at radius 3 is 2.35 bits per heavy atom. The van der Waals surface area contributed by atoms with Gasteiger partial charge in [-0.1, -0.05) is 17.7 Å². The van der Waals surface area contributed by atoms with Crippen molar-refractivity contribution in [2.45, 2.75) is 51.6 Å². The van der Waals surface area contributed by atoms with Gasteiger partial charge in [-0.15, -0.1) is 0 Å². The van der Waals surface area contributed by atoms with Gasteiger partial charge < -0.3 is 9.31 Å². The maximum atomic E-state index is 13.0. The first-order valence-corrected chi connectivity index (χ1v) is 8.50. The van der Waals surface area contributed by atoms with E-state index in [1.54, 1.807) is 23.1 Å². The van der Waals surface area contributed by atoms with Crippen LogP contribution in [0.5, 0.6) is 0 Å². The van der Waals surface area contributed by atoms with Crippen LogP contribution in [0.25, 0.3) is 0 Å². The second-order valence-corrected chi connectivity index (χ2v) is 7.78. The zero-order valence-corrected chi connectivity index (χ0v) is 15.6. The van der Waals surface area contributed by atoms with Crippen LogP contribution in [0.1, 0.15) is 38.8 Å². The van der Waals surface area contributed by atoms with Gasteiger partial charge in [0.1, 0.15) is 0 Å². The highest BCUT2D eigenvalue weighted by Crippen LogP contribution is 2.37. The van der Waals surface area contributed by atoms with Crippen molar-refractivity contribution in [1.82, 2.24) is 9.78 Å². The fourth-order valence-electron chi connectivity index (χ4n) is 2.64. The Morgan fingerprint density at radius 1 is 1.15 bits per heavy atom. The molecule has 3 rings (SSSR count). The van der Waals surface area contributed by atoms with E-state index in [0.29, 0.717) is 11.0 Å². The van der Waals surface area contributed by atoms with Crippen LogP contribution < -0.4 is 5.46 Å². The van der Waals surface area contributed by atoms with E-state index in [9.17, 15) is 13.2 Å². The topological polar surface area (TPSA) is 36.3 Å². The number of halogens is 4. The number of hydrogen-bond acceptors (Lipinski definition) is 3. The summed E-state index contributed by atoms with van der Waals surface area (Å²) in [6, 6.07) is 3.84. The Balaban J connectivity index is 1.78. The van der Waals surface area contributed by atoms with Gasteiger partial charge in [-0.05, 0) is 45.4 Å². The van der Waals surface area contributed by atoms with E-state index < -0.39 is 30.1 Å². The molecular weight excluding hydrogens is 367 g/mol. The van der Waals surface area contributed by atoms with Gasteiger partial charge in [0.2, 0.25) is 0 Å². The van der Waals surface area contributed by atoms with Gasteiger partial charge in [0.15, 0.2) is 0 Å². The van der Waals surface area contributed by atoms with E-state index in [-0.39, 0.29) is 11.6 Å². The normalized spacial score (nSPS) is 19.2. The number of nitrogens with zero attached hydrogens (tertiary/aromatic N) is 2. The van der Waals surface area contributed by atoms with Crippen LogP contribution in [-0.4, -0.2) is 28.1 Å². The molecule has 0 saturated carbocycles. The predicted molar refractivity (Wildman–Crippen MR) is 93.5 cm³/mol. The largest absolute Gasteiger partial charge is 0.498 e. The molecule has 0 unspecified atom stereocenters. The Labute approximate surface area is 155 Å². The third-order valence-electron chi connectivity index (χ3n) is 4.86. The lowest BCUT2D eigenvalue weighted by Gasteiger charge is -2.32. The van der Waals surface area contributed by atoms with Gasteiger partial charge in [0.25, 0.3) is 0 Å². The molecule has 26 heavy (non-hydrogen) atoms. The first-order chi connectivity index (χ1) is 11.9. The fraction of sp³-hybridized carbons (Fsp3) is 0.471. The third kappa shape index (κ3) is 3.63. The van der Waals surface area contributed by atoms with Crippen molar-refractivity contribution < 1.29 is 22.5 Å². The molecule has 4 nitrogen and oxygen atoms in total. The van der Waals surface area contributed by atoms with E-state index in [1.807, 2.05) is 27.7 Å². The van der Waals surface area contributed by atoms with Gasteiger partial charge >= 0.3 is 13.3 Å². The lowest BCUT2D eigenvalue weighted by molar-refractivity contribution is -0.137. The summed E-state index contributed by atoms with van der Waals surface area (Å²) < 4.78 is 52.4. The average molecular weight is 387 g/mol. The van der Waals surface area contributed by atoms with E-state index in [2.05, 4.69) is 5.10 Å². The highest BCUT2D eigenvalue weighted by atomic mass is 35.5. The molecular formula is C17H19BClF3N2O2. The maximum absolute atomic E-state index is 13.0. The Kier molecular flexibility index (Phi) is 4.66. The standard InChI is InChI=1S/C17H19BClF3N2O2/c1-15(2)16(3,4)26-18(25-15)12-8-23-24(10-12)9-11-5-6-14(19)13(7-11)17(20,21)22/h5-8,10H,9H2,1-4H3. The summed E-state index contributed by atoms with van der Waals surface area (Å²) in [5, 5.41) is 3.89. The van der Waals surface area contributed by atoms with Gasteiger partial charge in [-0.25, -0.2) is 0 Å². The molecule has 0 aliphatic carbocycles. The zero-order chi connectivity index (χ0) is 19.3. The minimum atomic E-state index is -4.49. The van der Waals surface area contributed by atoms with Crippen LogP contribution in [0.2, 0.25) is 5.02 Å². The van der Waals surface area contributed by atoms with Gasteiger partial charge in [0, 0.05) is 17.9 Å². The summed E-state index contributed by atoms with van der Waals surface area (Å²) in [5.74, 6) is 0. The minimum absolute atomic E-state index is 0.180. The van der Waals surface area contributed by atoms with E-state index >= 15 is 0 Å². The van der Waals surface area contributed by atoms with Crippen molar-refractivity contribution in [2.75, 3.05) is 0 Å². The van der Waals surface area contributed by atoms with Gasteiger partial charge in [-0.2, -0.15) is 18.3 Å². The molecule has 1 fully saturated rings. The minimum Gasteiger partial charge on any atom is -0.399 e. The Bertz CT molecular complexity index is 805. The predicted octanol–water partition coefficient (Wildman–Crippen LogP) is 3.90. The SMILES string of the molecule is CC1(C)OB(c2cnn(Cc3ccc(Cl)c(C(F)(F)F)c3)c2)OC1(C)C. The van der Waals surface area contributed by atoms with Crippen molar-refractivity contribution in [3.05, 3.63) is 46.7 Å². The van der Waals surface area contributed by atoms with E-state index in [1.165, 1.54) is 6.07 Å². The highest BCUT2D eigenvalue weighted by Gasteiger charge is 2.52. The smallest absolute Gasteiger partial charge is 0.399 e.